The van der Waals surface area contributed by atoms with Crippen LogP contribution in [-0.4, -0.2) is 57.6 Å². The van der Waals surface area contributed by atoms with Crippen LogP contribution in [0.4, 0.5) is 0 Å². The highest BCUT2D eigenvalue weighted by molar-refractivity contribution is 5.95. The molecular weight excluding hydrogens is 526 g/mol. The lowest BCUT2D eigenvalue weighted by molar-refractivity contribution is -0.132. The quantitative estimate of drug-likeness (QED) is 0.362. The zero-order valence-electron chi connectivity index (χ0n) is 24.9. The largest absolute Gasteiger partial charge is 0.347 e. The highest BCUT2D eigenvalue weighted by atomic mass is 16.2. The summed E-state index contributed by atoms with van der Waals surface area (Å²) in [4.78, 5) is 51.6. The predicted molar refractivity (Wildman–Crippen MR) is 164 cm³/mol. The van der Waals surface area contributed by atoms with E-state index in [9.17, 15) is 14.4 Å². The van der Waals surface area contributed by atoms with Crippen molar-refractivity contribution in [1.82, 2.24) is 25.5 Å². The molecular formula is C34H43N5O3. The molecule has 2 amide bonds. The Bertz CT molecular complexity index is 1410. The first-order valence-corrected chi connectivity index (χ1v) is 15.5. The number of Topliss-reactive ketones (excluding diaryl/α,β-unsaturated/α-hetero) is 1. The molecule has 8 nitrogen and oxygen atoms in total. The van der Waals surface area contributed by atoms with Gasteiger partial charge < -0.3 is 10.6 Å². The lowest BCUT2D eigenvalue weighted by Gasteiger charge is -2.32. The second-order valence-electron chi connectivity index (χ2n) is 12.3. The van der Waals surface area contributed by atoms with E-state index in [2.05, 4.69) is 63.6 Å². The van der Waals surface area contributed by atoms with Crippen molar-refractivity contribution in [2.75, 3.05) is 13.1 Å². The minimum absolute atomic E-state index is 0.0613. The van der Waals surface area contributed by atoms with Gasteiger partial charge in [0.2, 0.25) is 5.91 Å². The van der Waals surface area contributed by atoms with Crippen LogP contribution in [0.3, 0.4) is 0 Å². The minimum atomic E-state index is -0.539. The Labute approximate surface area is 248 Å². The summed E-state index contributed by atoms with van der Waals surface area (Å²) in [5.74, 6) is -0.381. The molecule has 1 aliphatic heterocycles. The maximum atomic E-state index is 13.7. The molecule has 0 radical (unpaired) electrons. The SMILES string of the molecule is CC(C)CC[C@H](NC(=O)[C@@H]1CCCC[C@@H]1NC(=O)c1cnc2ccccc2n1)C(=O)CN1CCCc2ccccc2C1. The van der Waals surface area contributed by atoms with Gasteiger partial charge in [0, 0.05) is 12.6 Å². The van der Waals surface area contributed by atoms with Crippen LogP contribution in [0.5, 0.6) is 0 Å². The molecule has 5 rings (SSSR count). The molecule has 1 aliphatic carbocycles. The van der Waals surface area contributed by atoms with Crippen molar-refractivity contribution in [2.24, 2.45) is 11.8 Å². The van der Waals surface area contributed by atoms with Crippen LogP contribution in [0.2, 0.25) is 0 Å². The number of aryl methyl sites for hydroxylation is 1. The molecule has 2 heterocycles. The molecule has 2 aliphatic rings. The van der Waals surface area contributed by atoms with Gasteiger partial charge in [0.15, 0.2) is 5.78 Å². The van der Waals surface area contributed by atoms with Crippen LogP contribution in [0, 0.1) is 11.8 Å². The molecule has 3 atom stereocenters. The van der Waals surface area contributed by atoms with Crippen LogP contribution in [0.25, 0.3) is 11.0 Å². The summed E-state index contributed by atoms with van der Waals surface area (Å²) in [5.41, 5.74) is 4.26. The zero-order chi connectivity index (χ0) is 29.5. The normalized spacial score (nSPS) is 20.0. The summed E-state index contributed by atoms with van der Waals surface area (Å²) in [6.45, 7) is 6.21. The number of hydrogen-bond donors (Lipinski definition) is 2. The van der Waals surface area contributed by atoms with Crippen LogP contribution in [-0.2, 0) is 22.6 Å². The van der Waals surface area contributed by atoms with E-state index >= 15 is 0 Å². The van der Waals surface area contributed by atoms with Crippen molar-refractivity contribution in [3.05, 3.63) is 71.5 Å². The van der Waals surface area contributed by atoms with Crippen LogP contribution < -0.4 is 10.6 Å². The van der Waals surface area contributed by atoms with E-state index in [1.807, 2.05) is 24.3 Å². The third-order valence-corrected chi connectivity index (χ3v) is 8.65. The molecule has 3 aromatic rings. The van der Waals surface area contributed by atoms with E-state index in [-0.39, 0.29) is 29.3 Å². The Morgan fingerprint density at radius 3 is 2.48 bits per heavy atom. The Morgan fingerprint density at radius 2 is 1.67 bits per heavy atom. The van der Waals surface area contributed by atoms with Gasteiger partial charge in [-0.2, -0.15) is 0 Å². The maximum Gasteiger partial charge on any atom is 0.271 e. The Kier molecular flexibility index (Phi) is 9.95. The predicted octanol–water partition coefficient (Wildman–Crippen LogP) is 4.86. The third-order valence-electron chi connectivity index (χ3n) is 8.65. The van der Waals surface area contributed by atoms with E-state index in [1.165, 1.54) is 17.3 Å². The fourth-order valence-corrected chi connectivity index (χ4v) is 6.25. The van der Waals surface area contributed by atoms with Crippen molar-refractivity contribution >= 4 is 28.6 Å². The molecule has 0 saturated heterocycles. The number of ketones is 1. The topological polar surface area (TPSA) is 104 Å². The summed E-state index contributed by atoms with van der Waals surface area (Å²) in [6, 6.07) is 15.0. The maximum absolute atomic E-state index is 13.7. The van der Waals surface area contributed by atoms with Gasteiger partial charge >= 0.3 is 0 Å². The summed E-state index contributed by atoms with van der Waals surface area (Å²) < 4.78 is 0. The standard InChI is InChI=1S/C34H43N5O3/c1-23(2)17-18-30(32(40)22-39-19-9-12-24-10-3-4-11-25(24)21-39)38-33(41)26-13-5-6-14-27(26)37-34(42)31-20-35-28-15-7-8-16-29(28)36-31/h3-4,7-8,10-11,15-16,20,23,26-27,30H,5-6,9,12-14,17-19,21-22H2,1-2H3,(H,37,42)(H,38,41)/t26-,27+,30+/m1/s1. The Balaban J connectivity index is 1.25. The number of fused-ring (bicyclic) bond motifs is 2. The van der Waals surface area contributed by atoms with Crippen LogP contribution in [0.15, 0.2) is 54.7 Å². The molecule has 1 saturated carbocycles. The van der Waals surface area contributed by atoms with Gasteiger partial charge in [-0.15, -0.1) is 0 Å². The van der Waals surface area contributed by atoms with Crippen LogP contribution >= 0.6 is 0 Å². The number of hydrogen-bond acceptors (Lipinski definition) is 6. The lowest BCUT2D eigenvalue weighted by Crippen LogP contribution is -2.53. The van der Waals surface area contributed by atoms with Gasteiger partial charge in [-0.3, -0.25) is 24.3 Å². The van der Waals surface area contributed by atoms with Crippen molar-refractivity contribution < 1.29 is 14.4 Å². The summed E-state index contributed by atoms with van der Waals surface area (Å²) in [6.07, 6.45) is 8.22. The number of para-hydroxylation sites is 2. The average molecular weight is 570 g/mol. The summed E-state index contributed by atoms with van der Waals surface area (Å²) in [5, 5.41) is 6.21. The lowest BCUT2D eigenvalue weighted by atomic mass is 9.83. The van der Waals surface area contributed by atoms with E-state index in [0.717, 1.165) is 50.7 Å². The smallest absolute Gasteiger partial charge is 0.271 e. The number of carbonyl (C=O) groups is 3. The first kappa shape index (κ1) is 29.8. The molecule has 222 valence electrons. The van der Waals surface area contributed by atoms with E-state index in [1.54, 1.807) is 0 Å². The highest BCUT2D eigenvalue weighted by Crippen LogP contribution is 2.26. The van der Waals surface area contributed by atoms with E-state index < -0.39 is 12.0 Å². The number of nitrogens with zero attached hydrogens (tertiary/aromatic N) is 3. The molecule has 1 fully saturated rings. The minimum Gasteiger partial charge on any atom is -0.347 e. The fraction of sp³-hybridized carbons (Fsp3) is 0.500. The molecule has 2 N–H and O–H groups in total. The number of benzene rings is 2. The Morgan fingerprint density at radius 1 is 0.929 bits per heavy atom. The number of nitrogens with one attached hydrogen (secondary N) is 2. The van der Waals surface area contributed by atoms with Gasteiger partial charge in [-0.25, -0.2) is 4.98 Å². The van der Waals surface area contributed by atoms with Gasteiger partial charge in [0.1, 0.15) is 5.69 Å². The van der Waals surface area contributed by atoms with Crippen LogP contribution in [0.1, 0.15) is 80.4 Å². The van der Waals surface area contributed by atoms with Crippen molar-refractivity contribution in [3.8, 4) is 0 Å². The second-order valence-corrected chi connectivity index (χ2v) is 12.3. The van der Waals surface area contributed by atoms with E-state index in [0.29, 0.717) is 37.2 Å². The van der Waals surface area contributed by atoms with Gasteiger partial charge in [0.25, 0.3) is 5.91 Å². The molecule has 8 heteroatoms. The second kappa shape index (κ2) is 14.0. The van der Waals surface area contributed by atoms with Crippen molar-refractivity contribution in [1.29, 1.82) is 0 Å². The number of aromatic nitrogens is 2. The van der Waals surface area contributed by atoms with E-state index in [4.69, 9.17) is 0 Å². The zero-order valence-corrected chi connectivity index (χ0v) is 24.9. The summed E-state index contributed by atoms with van der Waals surface area (Å²) in [7, 11) is 0. The number of carbonyl (C=O) groups excluding carboxylic acids is 3. The van der Waals surface area contributed by atoms with Crippen molar-refractivity contribution in [3.63, 3.8) is 0 Å². The third kappa shape index (κ3) is 7.59. The monoisotopic (exact) mass is 569 g/mol. The first-order chi connectivity index (χ1) is 20.4. The molecule has 0 spiro atoms. The fourth-order valence-electron chi connectivity index (χ4n) is 6.25. The molecule has 2 aromatic carbocycles. The Hall–Kier alpha value is -3.65. The molecule has 0 unspecified atom stereocenters. The molecule has 0 bridgehead atoms. The van der Waals surface area contributed by atoms with Crippen molar-refractivity contribution in [2.45, 2.75) is 83.8 Å². The van der Waals surface area contributed by atoms with Gasteiger partial charge in [-0.1, -0.05) is 63.1 Å². The molecule has 42 heavy (non-hydrogen) atoms. The summed E-state index contributed by atoms with van der Waals surface area (Å²) >= 11 is 0. The number of amides is 2. The van der Waals surface area contributed by atoms with Gasteiger partial charge in [-0.05, 0) is 74.2 Å². The number of rotatable bonds is 10. The van der Waals surface area contributed by atoms with Gasteiger partial charge in [0.05, 0.1) is 35.7 Å². The highest BCUT2D eigenvalue weighted by Gasteiger charge is 2.35. The average Bonchev–Trinajstić information content (AvgIpc) is 3.20. The first-order valence-electron chi connectivity index (χ1n) is 15.5. The molecule has 1 aromatic heterocycles.